The molecular weight excluding hydrogens is 322 g/mol. The first-order valence-electron chi connectivity index (χ1n) is 7.93. The molecule has 0 aromatic carbocycles. The lowest BCUT2D eigenvalue weighted by Gasteiger charge is -2.21. The number of hydrogen-bond acceptors (Lipinski definition) is 7. The molecule has 9 nitrogen and oxygen atoms in total. The average molecular weight is 339 g/mol. The van der Waals surface area contributed by atoms with Gasteiger partial charge in [-0.3, -0.25) is 9.78 Å². The Morgan fingerprint density at radius 2 is 2.20 bits per heavy atom. The van der Waals surface area contributed by atoms with Crippen LogP contribution in [0.4, 0.5) is 5.82 Å². The fourth-order valence-electron chi connectivity index (χ4n) is 2.82. The van der Waals surface area contributed by atoms with Crippen LogP contribution in [0.25, 0.3) is 5.82 Å². The van der Waals surface area contributed by atoms with E-state index in [-0.39, 0.29) is 17.6 Å². The lowest BCUT2D eigenvalue weighted by atomic mass is 10.1. The summed E-state index contributed by atoms with van der Waals surface area (Å²) >= 11 is 0. The van der Waals surface area contributed by atoms with Crippen LogP contribution in [0.1, 0.15) is 11.7 Å². The minimum Gasteiger partial charge on any atom is -0.377 e. The smallest absolute Gasteiger partial charge is 0.267 e. The zero-order chi connectivity index (χ0) is 17.2. The highest BCUT2D eigenvalue weighted by molar-refractivity contribution is 5.34. The zero-order valence-electron chi connectivity index (χ0n) is 13.6. The van der Waals surface area contributed by atoms with E-state index < -0.39 is 0 Å². The largest absolute Gasteiger partial charge is 0.377 e. The van der Waals surface area contributed by atoms with Crippen LogP contribution in [-0.4, -0.2) is 48.8 Å². The third-order valence-corrected chi connectivity index (χ3v) is 4.00. The van der Waals surface area contributed by atoms with Crippen LogP contribution in [0.5, 0.6) is 0 Å². The Balaban J connectivity index is 1.64. The third kappa shape index (κ3) is 3.13. The Kier molecular flexibility index (Phi) is 3.98. The van der Waals surface area contributed by atoms with Crippen LogP contribution in [-0.2, 0) is 4.74 Å². The highest BCUT2D eigenvalue weighted by atomic mass is 16.5. The summed E-state index contributed by atoms with van der Waals surface area (Å²) < 4.78 is 8.64. The quantitative estimate of drug-likeness (QED) is 0.742. The van der Waals surface area contributed by atoms with Gasteiger partial charge in [-0.15, -0.1) is 5.10 Å². The van der Waals surface area contributed by atoms with E-state index in [1.54, 1.807) is 41.6 Å². The number of rotatable bonds is 4. The maximum atomic E-state index is 12.3. The number of aromatic nitrogens is 6. The molecular formula is C16H17N7O2. The van der Waals surface area contributed by atoms with Crippen LogP contribution < -0.4 is 10.9 Å². The maximum absolute atomic E-state index is 12.3. The molecule has 0 bridgehead atoms. The molecule has 0 saturated carbocycles. The van der Waals surface area contributed by atoms with Gasteiger partial charge in [-0.25, -0.2) is 14.3 Å². The summed E-state index contributed by atoms with van der Waals surface area (Å²) in [7, 11) is 0. The zero-order valence-corrected chi connectivity index (χ0v) is 13.6. The lowest BCUT2D eigenvalue weighted by molar-refractivity contribution is 0.182. The fraction of sp³-hybridized carbons (Fsp3) is 0.312. The van der Waals surface area contributed by atoms with E-state index in [1.807, 2.05) is 6.92 Å². The van der Waals surface area contributed by atoms with Gasteiger partial charge < -0.3 is 10.1 Å². The Labute approximate surface area is 143 Å². The first-order chi connectivity index (χ1) is 12.2. The van der Waals surface area contributed by atoms with E-state index >= 15 is 0 Å². The molecule has 2 unspecified atom stereocenters. The third-order valence-electron chi connectivity index (χ3n) is 4.00. The van der Waals surface area contributed by atoms with E-state index in [9.17, 15) is 4.79 Å². The highest BCUT2D eigenvalue weighted by Crippen LogP contribution is 2.21. The second-order valence-electron chi connectivity index (χ2n) is 5.83. The van der Waals surface area contributed by atoms with Crippen molar-refractivity contribution in [2.45, 2.75) is 19.0 Å². The van der Waals surface area contributed by atoms with E-state index in [0.717, 1.165) is 5.69 Å². The average Bonchev–Trinajstić information content (AvgIpc) is 3.27. The predicted octanol–water partition coefficient (Wildman–Crippen LogP) is 0.579. The molecule has 0 spiro atoms. The van der Waals surface area contributed by atoms with Crippen molar-refractivity contribution in [2.24, 2.45) is 0 Å². The minimum absolute atomic E-state index is 0.130. The summed E-state index contributed by atoms with van der Waals surface area (Å²) in [5.41, 5.74) is 0.630. The molecule has 1 aliphatic heterocycles. The monoisotopic (exact) mass is 339 g/mol. The van der Waals surface area contributed by atoms with Crippen LogP contribution in [0, 0.1) is 6.92 Å². The molecule has 0 amide bonds. The molecule has 25 heavy (non-hydrogen) atoms. The van der Waals surface area contributed by atoms with Gasteiger partial charge in [0, 0.05) is 24.7 Å². The molecule has 1 saturated heterocycles. The van der Waals surface area contributed by atoms with Crippen molar-refractivity contribution >= 4 is 5.82 Å². The second-order valence-corrected chi connectivity index (χ2v) is 5.83. The summed E-state index contributed by atoms with van der Waals surface area (Å²) in [5, 5.41) is 11.9. The van der Waals surface area contributed by atoms with Crippen molar-refractivity contribution < 1.29 is 4.74 Å². The first kappa shape index (κ1) is 15.5. The number of hydrogen-bond donors (Lipinski definition) is 1. The molecule has 2 atom stereocenters. The molecule has 1 fully saturated rings. The fourth-order valence-corrected chi connectivity index (χ4v) is 2.82. The Hall–Kier alpha value is -3.07. The second kappa shape index (κ2) is 6.44. The van der Waals surface area contributed by atoms with Gasteiger partial charge in [0.1, 0.15) is 11.9 Å². The molecule has 1 aliphatic rings. The molecule has 4 heterocycles. The van der Waals surface area contributed by atoms with Gasteiger partial charge >= 0.3 is 0 Å². The standard InChI is InChI=1S/C16H17N7O2/c1-11-7-17-8-14(19-11)20-12-9-25-10-13(12)23-16(24)4-3-15(21-23)22-6-2-5-18-22/h2-8,12-13H,9-10H2,1H3,(H,19,20). The number of ether oxygens (including phenoxy) is 1. The van der Waals surface area contributed by atoms with Gasteiger partial charge in [0.15, 0.2) is 5.82 Å². The van der Waals surface area contributed by atoms with E-state index in [0.29, 0.717) is 24.8 Å². The molecule has 3 aromatic rings. The van der Waals surface area contributed by atoms with E-state index in [4.69, 9.17) is 4.74 Å². The van der Waals surface area contributed by atoms with Crippen LogP contribution in [0.15, 0.2) is 47.8 Å². The van der Waals surface area contributed by atoms with Gasteiger partial charge in [-0.1, -0.05) is 0 Å². The van der Waals surface area contributed by atoms with Crippen LogP contribution in [0.2, 0.25) is 0 Å². The number of nitrogens with one attached hydrogen (secondary N) is 1. The number of aryl methyl sites for hydroxylation is 1. The van der Waals surface area contributed by atoms with Gasteiger partial charge in [-0.05, 0) is 19.1 Å². The normalized spacial score (nSPS) is 19.9. The summed E-state index contributed by atoms with van der Waals surface area (Å²) in [5.74, 6) is 1.22. The molecule has 9 heteroatoms. The van der Waals surface area contributed by atoms with Crippen molar-refractivity contribution in [3.05, 3.63) is 59.0 Å². The van der Waals surface area contributed by atoms with E-state index in [1.165, 1.54) is 10.7 Å². The van der Waals surface area contributed by atoms with E-state index in [2.05, 4.69) is 25.5 Å². The molecule has 128 valence electrons. The topological polar surface area (TPSA) is 99.8 Å². The SMILES string of the molecule is Cc1cncc(NC2COCC2n2nc(-n3cccn3)ccc2=O)n1. The molecule has 3 aromatic heterocycles. The summed E-state index contributed by atoms with van der Waals surface area (Å²) in [6.45, 7) is 2.73. The minimum atomic E-state index is -0.245. The Bertz CT molecular complexity index is 922. The van der Waals surface area contributed by atoms with Crippen molar-refractivity contribution in [2.75, 3.05) is 18.5 Å². The molecule has 1 N–H and O–H groups in total. The number of nitrogens with zero attached hydrogens (tertiary/aromatic N) is 6. The van der Waals surface area contributed by atoms with Gasteiger partial charge in [0.25, 0.3) is 5.56 Å². The Morgan fingerprint density at radius 1 is 1.28 bits per heavy atom. The predicted molar refractivity (Wildman–Crippen MR) is 89.7 cm³/mol. The molecule has 4 rings (SSSR count). The summed E-state index contributed by atoms with van der Waals surface area (Å²) in [6, 6.07) is 4.57. The van der Waals surface area contributed by atoms with Crippen molar-refractivity contribution in [3.63, 3.8) is 0 Å². The van der Waals surface area contributed by atoms with Gasteiger partial charge in [0.2, 0.25) is 0 Å². The lowest BCUT2D eigenvalue weighted by Crippen LogP contribution is -2.37. The van der Waals surface area contributed by atoms with Crippen molar-refractivity contribution in [3.8, 4) is 5.82 Å². The highest BCUT2D eigenvalue weighted by Gasteiger charge is 2.32. The number of anilines is 1. The molecule has 0 radical (unpaired) electrons. The first-order valence-corrected chi connectivity index (χ1v) is 7.93. The van der Waals surface area contributed by atoms with Gasteiger partial charge in [0.05, 0.1) is 31.1 Å². The summed E-state index contributed by atoms with van der Waals surface area (Å²) in [4.78, 5) is 20.9. The van der Waals surface area contributed by atoms with Crippen LogP contribution >= 0.6 is 0 Å². The Morgan fingerprint density at radius 3 is 3.00 bits per heavy atom. The maximum Gasteiger partial charge on any atom is 0.267 e. The van der Waals surface area contributed by atoms with Crippen molar-refractivity contribution in [1.82, 2.24) is 29.5 Å². The summed E-state index contributed by atoms with van der Waals surface area (Å²) in [6.07, 6.45) is 6.78. The van der Waals surface area contributed by atoms with Crippen molar-refractivity contribution in [1.29, 1.82) is 0 Å². The van der Waals surface area contributed by atoms with Crippen LogP contribution in [0.3, 0.4) is 0 Å². The van der Waals surface area contributed by atoms with Gasteiger partial charge in [-0.2, -0.15) is 5.10 Å². The molecule has 0 aliphatic carbocycles.